The minimum Gasteiger partial charge on any atom is -0.474 e. The molecule has 0 spiro atoms. The number of nitro benzene ring substituents is 1. The molecule has 0 N–H and O–H groups in total. The third kappa shape index (κ3) is 2.95. The second-order valence-electron chi connectivity index (χ2n) is 2.58. The Morgan fingerprint density at radius 1 is 1.60 bits per heavy atom. The third-order valence-corrected chi connectivity index (χ3v) is 1.60. The average Bonchev–Trinajstić information content (AvgIpc) is 2.18. The molecule has 0 atom stereocenters. The van der Waals surface area contributed by atoms with Crippen molar-refractivity contribution in [3.63, 3.8) is 0 Å². The summed E-state index contributed by atoms with van der Waals surface area (Å²) in [5, 5.41) is 10.5. The molecule has 0 saturated heterocycles. The number of hydrogen-bond donors (Lipinski definition) is 0. The summed E-state index contributed by atoms with van der Waals surface area (Å²) in [7, 11) is 0. The van der Waals surface area contributed by atoms with Crippen molar-refractivity contribution in [2.24, 2.45) is 0 Å². The molecule has 0 unspecified atom stereocenters. The molecule has 0 radical (unpaired) electrons. The summed E-state index contributed by atoms with van der Waals surface area (Å²) < 4.78 is 17.7. The van der Waals surface area contributed by atoms with Crippen LogP contribution in [-0.2, 0) is 0 Å². The Bertz CT molecular complexity index is 434. The lowest BCUT2D eigenvalue weighted by Crippen LogP contribution is -1.99. The molecule has 1 aromatic carbocycles. The molecule has 0 aliphatic heterocycles. The molecule has 0 saturated carbocycles. The maximum absolute atomic E-state index is 12.8. The van der Waals surface area contributed by atoms with Crippen molar-refractivity contribution >= 4 is 5.69 Å². The molecular formula is C10H8FNO3. The zero-order valence-corrected chi connectivity index (χ0v) is 7.99. The molecule has 0 aromatic heterocycles. The van der Waals surface area contributed by atoms with Crippen LogP contribution in [0.3, 0.4) is 0 Å². The maximum Gasteiger partial charge on any atom is 0.311 e. The van der Waals surface area contributed by atoms with Crippen molar-refractivity contribution in [2.75, 3.05) is 6.61 Å². The highest BCUT2D eigenvalue weighted by atomic mass is 19.1. The van der Waals surface area contributed by atoms with Crippen LogP contribution in [0.1, 0.15) is 6.92 Å². The lowest BCUT2D eigenvalue weighted by atomic mass is 10.3. The summed E-state index contributed by atoms with van der Waals surface area (Å²) >= 11 is 0. The van der Waals surface area contributed by atoms with Gasteiger partial charge in [0.05, 0.1) is 4.92 Å². The largest absolute Gasteiger partial charge is 0.474 e. The second kappa shape index (κ2) is 4.96. The van der Waals surface area contributed by atoms with E-state index in [4.69, 9.17) is 4.74 Å². The van der Waals surface area contributed by atoms with Gasteiger partial charge >= 0.3 is 5.69 Å². The van der Waals surface area contributed by atoms with E-state index in [0.29, 0.717) is 0 Å². The lowest BCUT2D eigenvalue weighted by Gasteiger charge is -2.02. The van der Waals surface area contributed by atoms with Crippen LogP contribution < -0.4 is 4.74 Å². The van der Waals surface area contributed by atoms with Crippen molar-refractivity contribution in [3.05, 3.63) is 34.1 Å². The molecular weight excluding hydrogens is 201 g/mol. The first-order valence-electron chi connectivity index (χ1n) is 4.11. The lowest BCUT2D eigenvalue weighted by molar-refractivity contribution is -0.385. The molecule has 1 rings (SSSR count). The first kappa shape index (κ1) is 11.0. The van der Waals surface area contributed by atoms with E-state index in [2.05, 4.69) is 11.8 Å². The van der Waals surface area contributed by atoms with E-state index in [9.17, 15) is 14.5 Å². The van der Waals surface area contributed by atoms with Gasteiger partial charge in [0.25, 0.3) is 0 Å². The molecule has 0 aliphatic rings. The van der Waals surface area contributed by atoms with E-state index >= 15 is 0 Å². The van der Waals surface area contributed by atoms with Gasteiger partial charge in [-0.15, -0.1) is 5.92 Å². The Hall–Kier alpha value is -2.09. The highest BCUT2D eigenvalue weighted by Crippen LogP contribution is 2.27. The molecule has 0 fully saturated rings. The van der Waals surface area contributed by atoms with E-state index in [1.54, 1.807) is 6.92 Å². The highest BCUT2D eigenvalue weighted by molar-refractivity contribution is 5.46. The van der Waals surface area contributed by atoms with Crippen molar-refractivity contribution < 1.29 is 14.1 Å². The Morgan fingerprint density at radius 2 is 2.33 bits per heavy atom. The van der Waals surface area contributed by atoms with Gasteiger partial charge in [0, 0.05) is 12.1 Å². The zero-order valence-electron chi connectivity index (χ0n) is 7.99. The summed E-state index contributed by atoms with van der Waals surface area (Å²) in [6, 6.07) is 3.04. The van der Waals surface area contributed by atoms with E-state index in [-0.39, 0.29) is 18.0 Å². The fourth-order valence-electron chi connectivity index (χ4n) is 0.940. The van der Waals surface area contributed by atoms with Crippen LogP contribution in [0.5, 0.6) is 5.75 Å². The maximum atomic E-state index is 12.8. The van der Waals surface area contributed by atoms with Crippen LogP contribution in [0.25, 0.3) is 0 Å². The van der Waals surface area contributed by atoms with Crippen molar-refractivity contribution in [2.45, 2.75) is 6.92 Å². The fraction of sp³-hybridized carbons (Fsp3) is 0.200. The smallest absolute Gasteiger partial charge is 0.311 e. The summed E-state index contributed by atoms with van der Waals surface area (Å²) in [6.45, 7) is 1.62. The molecule has 0 heterocycles. The van der Waals surface area contributed by atoms with Gasteiger partial charge in [0.2, 0.25) is 5.75 Å². The van der Waals surface area contributed by atoms with Gasteiger partial charge in [-0.05, 0) is 13.0 Å². The number of hydrogen-bond acceptors (Lipinski definition) is 3. The summed E-state index contributed by atoms with van der Waals surface area (Å²) in [6.07, 6.45) is 0. The Balaban J connectivity index is 2.95. The van der Waals surface area contributed by atoms with Gasteiger partial charge in [-0.2, -0.15) is 0 Å². The normalized spacial score (nSPS) is 8.93. The summed E-state index contributed by atoms with van der Waals surface area (Å²) in [5.74, 6) is 4.44. The number of rotatable bonds is 3. The van der Waals surface area contributed by atoms with Crippen molar-refractivity contribution in [1.29, 1.82) is 0 Å². The monoisotopic (exact) mass is 209 g/mol. The van der Waals surface area contributed by atoms with E-state index < -0.39 is 10.7 Å². The van der Waals surface area contributed by atoms with Crippen molar-refractivity contribution in [3.8, 4) is 17.6 Å². The molecule has 4 nitrogen and oxygen atoms in total. The molecule has 78 valence electrons. The Kier molecular flexibility index (Phi) is 3.63. The predicted octanol–water partition coefficient (Wildman–Crippen LogP) is 2.14. The zero-order chi connectivity index (χ0) is 11.3. The second-order valence-corrected chi connectivity index (χ2v) is 2.58. The Morgan fingerprint density at radius 3 is 2.93 bits per heavy atom. The number of benzene rings is 1. The van der Waals surface area contributed by atoms with E-state index in [1.807, 2.05) is 0 Å². The minimum atomic E-state index is -0.631. The van der Waals surface area contributed by atoms with Gasteiger partial charge in [0.1, 0.15) is 12.4 Å². The van der Waals surface area contributed by atoms with Crippen LogP contribution in [0.2, 0.25) is 0 Å². The standard InChI is InChI=1S/C10H8FNO3/c1-2-3-6-15-10-7-8(11)4-5-9(10)12(13)14/h4-5,7H,6H2,1H3. The van der Waals surface area contributed by atoms with Crippen LogP contribution in [0.4, 0.5) is 10.1 Å². The first-order valence-corrected chi connectivity index (χ1v) is 4.11. The van der Waals surface area contributed by atoms with E-state index in [1.165, 1.54) is 0 Å². The minimum absolute atomic E-state index is 0.000787. The summed E-state index contributed by atoms with van der Waals surface area (Å²) in [4.78, 5) is 9.90. The van der Waals surface area contributed by atoms with Gasteiger partial charge in [-0.3, -0.25) is 10.1 Å². The number of ether oxygens (including phenoxy) is 1. The van der Waals surface area contributed by atoms with Gasteiger partial charge in [-0.25, -0.2) is 4.39 Å². The van der Waals surface area contributed by atoms with E-state index in [0.717, 1.165) is 18.2 Å². The van der Waals surface area contributed by atoms with Crippen molar-refractivity contribution in [1.82, 2.24) is 0 Å². The molecule has 1 aromatic rings. The molecule has 0 amide bonds. The van der Waals surface area contributed by atoms with Crippen LogP contribution in [-0.4, -0.2) is 11.5 Å². The van der Waals surface area contributed by atoms with Gasteiger partial charge in [-0.1, -0.05) is 5.92 Å². The van der Waals surface area contributed by atoms with Crippen LogP contribution in [0, 0.1) is 27.8 Å². The topological polar surface area (TPSA) is 52.4 Å². The van der Waals surface area contributed by atoms with Crippen LogP contribution in [0.15, 0.2) is 18.2 Å². The fourth-order valence-corrected chi connectivity index (χ4v) is 0.940. The molecule has 5 heteroatoms. The SMILES string of the molecule is CC#CCOc1cc(F)ccc1[N+](=O)[O-]. The Labute approximate surface area is 85.8 Å². The molecule has 0 bridgehead atoms. The molecule has 0 aliphatic carbocycles. The van der Waals surface area contributed by atoms with Gasteiger partial charge < -0.3 is 4.74 Å². The summed E-state index contributed by atoms with van der Waals surface area (Å²) in [5.41, 5.74) is -0.269. The predicted molar refractivity (Wildman–Crippen MR) is 52.0 cm³/mol. The van der Waals surface area contributed by atoms with Crippen LogP contribution >= 0.6 is 0 Å². The first-order chi connectivity index (χ1) is 7.15. The third-order valence-electron chi connectivity index (χ3n) is 1.60. The highest BCUT2D eigenvalue weighted by Gasteiger charge is 2.15. The number of nitro groups is 1. The quantitative estimate of drug-likeness (QED) is 0.435. The number of halogens is 1. The van der Waals surface area contributed by atoms with Gasteiger partial charge in [0.15, 0.2) is 0 Å². The number of nitrogens with zero attached hydrogens (tertiary/aromatic N) is 1. The molecule has 15 heavy (non-hydrogen) atoms. The average molecular weight is 209 g/mol.